The lowest BCUT2D eigenvalue weighted by atomic mass is 9.82. The molecule has 312 valence electrons. The maximum Gasteiger partial charge on any atom is 0.144 e. The normalized spacial score (nSPS) is 12.8. The summed E-state index contributed by atoms with van der Waals surface area (Å²) in [5.74, 6) is 0. The molecule has 12 aromatic rings. The molecule has 0 saturated heterocycles. The van der Waals surface area contributed by atoms with E-state index in [1.54, 1.807) is 0 Å². The van der Waals surface area contributed by atoms with E-state index in [9.17, 15) is 0 Å². The van der Waals surface area contributed by atoms with Crippen molar-refractivity contribution in [3.8, 4) is 55.6 Å². The third-order valence-corrected chi connectivity index (χ3v) is 13.9. The smallest absolute Gasteiger partial charge is 0.144 e. The van der Waals surface area contributed by atoms with Gasteiger partial charge in [0.25, 0.3) is 0 Å². The van der Waals surface area contributed by atoms with Gasteiger partial charge in [0.2, 0.25) is 0 Å². The van der Waals surface area contributed by atoms with Gasteiger partial charge in [0, 0.05) is 55.1 Å². The van der Waals surface area contributed by atoms with Crippen molar-refractivity contribution in [2.75, 3.05) is 4.90 Å². The quantitative estimate of drug-likeness (QED) is 0.160. The number of hydrogen-bond donors (Lipinski definition) is 0. The Labute approximate surface area is 383 Å². The van der Waals surface area contributed by atoms with Crippen molar-refractivity contribution in [1.82, 2.24) is 0 Å². The number of para-hydroxylation sites is 2. The van der Waals surface area contributed by atoms with E-state index >= 15 is 0 Å². The number of fused-ring (bicyclic) bond motifs is 9. The van der Waals surface area contributed by atoms with Crippen LogP contribution in [0.1, 0.15) is 25.0 Å². The minimum atomic E-state index is -0.126. The fourth-order valence-corrected chi connectivity index (χ4v) is 10.7. The Morgan fingerprint density at radius 3 is 1.64 bits per heavy atom. The van der Waals surface area contributed by atoms with Crippen molar-refractivity contribution in [2.24, 2.45) is 0 Å². The van der Waals surface area contributed by atoms with Crippen LogP contribution in [0.5, 0.6) is 0 Å². The van der Waals surface area contributed by atoms with Crippen LogP contribution in [-0.2, 0) is 5.41 Å². The van der Waals surface area contributed by atoms with Crippen LogP contribution in [0.3, 0.4) is 0 Å². The highest BCUT2D eigenvalue weighted by molar-refractivity contribution is 6.25. The van der Waals surface area contributed by atoms with Gasteiger partial charge in [-0.25, -0.2) is 0 Å². The number of furan rings is 2. The highest BCUT2D eigenvalue weighted by Crippen LogP contribution is 2.52. The van der Waals surface area contributed by atoms with Gasteiger partial charge in [0.15, 0.2) is 0 Å². The van der Waals surface area contributed by atoms with Crippen LogP contribution in [0.2, 0.25) is 0 Å². The second-order valence-corrected chi connectivity index (χ2v) is 18.0. The summed E-state index contributed by atoms with van der Waals surface area (Å²) in [6.45, 7) is 4.69. The van der Waals surface area contributed by atoms with Crippen molar-refractivity contribution in [2.45, 2.75) is 19.3 Å². The molecule has 1 aliphatic carbocycles. The minimum Gasteiger partial charge on any atom is -0.456 e. The summed E-state index contributed by atoms with van der Waals surface area (Å²) in [4.78, 5) is 2.38. The summed E-state index contributed by atoms with van der Waals surface area (Å²) in [7, 11) is 0. The second kappa shape index (κ2) is 14.8. The maximum atomic E-state index is 7.24. The predicted molar refractivity (Wildman–Crippen MR) is 275 cm³/mol. The third kappa shape index (κ3) is 5.90. The first kappa shape index (κ1) is 38.1. The summed E-state index contributed by atoms with van der Waals surface area (Å²) in [5.41, 5.74) is 20.8. The average molecular weight is 846 g/mol. The molecular weight excluding hydrogens is 803 g/mol. The molecule has 0 radical (unpaired) electrons. The largest absolute Gasteiger partial charge is 0.456 e. The zero-order chi connectivity index (χ0) is 43.9. The van der Waals surface area contributed by atoms with Crippen molar-refractivity contribution in [1.29, 1.82) is 0 Å². The molecule has 0 atom stereocenters. The van der Waals surface area contributed by atoms with Crippen LogP contribution in [0.4, 0.5) is 17.1 Å². The maximum absolute atomic E-state index is 7.24. The number of anilines is 3. The van der Waals surface area contributed by atoms with Gasteiger partial charge < -0.3 is 13.7 Å². The van der Waals surface area contributed by atoms with Gasteiger partial charge in [-0.15, -0.1) is 0 Å². The number of hydrogen-bond acceptors (Lipinski definition) is 3. The van der Waals surface area contributed by atoms with Crippen molar-refractivity contribution in [3.63, 3.8) is 0 Å². The average Bonchev–Trinajstić information content (AvgIpc) is 4.01. The Hall–Kier alpha value is -8.40. The van der Waals surface area contributed by atoms with E-state index < -0.39 is 0 Å². The summed E-state index contributed by atoms with van der Waals surface area (Å²) in [6, 6.07) is 80.6. The van der Waals surface area contributed by atoms with Gasteiger partial charge in [-0.05, 0) is 104 Å². The SMILES string of the molecule is CC1(C)c2ccccc2-c2ccc(N(c3ccc(-c4ccccc4)cc3)c3ccc(-c4cccc5c4oc4c(-c6ccccc6-c6ccccc6)c6c(cc45)oc4ccccc46)cc3)cc21. The third-order valence-electron chi connectivity index (χ3n) is 13.9. The molecule has 0 bridgehead atoms. The molecule has 0 fully saturated rings. The Bertz CT molecular complexity index is 3820. The Kier molecular flexibility index (Phi) is 8.56. The fourth-order valence-electron chi connectivity index (χ4n) is 10.7. The minimum absolute atomic E-state index is 0.126. The van der Waals surface area contributed by atoms with E-state index in [-0.39, 0.29) is 5.41 Å². The fraction of sp³-hybridized carbons (Fsp3) is 0.0476. The standard InChI is InChI=1S/C63H43NO2/c1-63(2)55-26-13-11-21-49(55)50-37-36-46(38-56(50)63)64(44-32-28-41(29-33-44)40-16-5-3-6-17-40)45-34-30-43(31-35-45)48-24-15-25-52-54-39-58-59(53-23-12-14-27-57(53)65-58)60(62(54)66-61(48)52)51-22-10-9-20-47(51)42-18-7-4-8-19-42/h3-39H,1-2H3. The van der Waals surface area contributed by atoms with Crippen LogP contribution in [-0.4, -0.2) is 0 Å². The topological polar surface area (TPSA) is 29.5 Å². The van der Waals surface area contributed by atoms with Gasteiger partial charge in [-0.3, -0.25) is 0 Å². The monoisotopic (exact) mass is 845 g/mol. The highest BCUT2D eigenvalue weighted by atomic mass is 16.3. The summed E-state index contributed by atoms with van der Waals surface area (Å²) in [5, 5.41) is 4.20. The lowest BCUT2D eigenvalue weighted by Gasteiger charge is -2.28. The zero-order valence-corrected chi connectivity index (χ0v) is 36.6. The first-order valence-corrected chi connectivity index (χ1v) is 22.7. The molecule has 10 aromatic carbocycles. The van der Waals surface area contributed by atoms with E-state index in [1.807, 2.05) is 6.07 Å². The Morgan fingerprint density at radius 2 is 0.879 bits per heavy atom. The van der Waals surface area contributed by atoms with Gasteiger partial charge in [-0.2, -0.15) is 0 Å². The van der Waals surface area contributed by atoms with E-state index in [4.69, 9.17) is 8.83 Å². The molecule has 0 saturated carbocycles. The van der Waals surface area contributed by atoms with Gasteiger partial charge in [0.05, 0.1) is 0 Å². The van der Waals surface area contributed by atoms with Crippen molar-refractivity contribution in [3.05, 3.63) is 236 Å². The Balaban J connectivity index is 0.966. The molecule has 13 rings (SSSR count). The molecule has 0 amide bonds. The van der Waals surface area contributed by atoms with Gasteiger partial charge in [-0.1, -0.05) is 190 Å². The van der Waals surface area contributed by atoms with E-state index in [0.717, 1.165) is 94.3 Å². The van der Waals surface area contributed by atoms with E-state index in [2.05, 4.69) is 237 Å². The number of nitrogens with zero attached hydrogens (tertiary/aromatic N) is 1. The summed E-state index contributed by atoms with van der Waals surface area (Å²) in [6.07, 6.45) is 0. The lowest BCUT2D eigenvalue weighted by Crippen LogP contribution is -2.16. The van der Waals surface area contributed by atoms with Crippen LogP contribution in [0.25, 0.3) is 99.5 Å². The second-order valence-electron chi connectivity index (χ2n) is 18.0. The molecule has 66 heavy (non-hydrogen) atoms. The predicted octanol–water partition coefficient (Wildman–Crippen LogP) is 17.9. The molecule has 0 unspecified atom stereocenters. The molecular formula is C63H43NO2. The molecule has 0 N–H and O–H groups in total. The molecule has 3 heteroatoms. The molecule has 2 heterocycles. The van der Waals surface area contributed by atoms with Crippen LogP contribution >= 0.6 is 0 Å². The molecule has 2 aromatic heterocycles. The first-order chi connectivity index (χ1) is 32.5. The molecule has 0 aliphatic heterocycles. The van der Waals surface area contributed by atoms with Crippen LogP contribution in [0.15, 0.2) is 233 Å². The van der Waals surface area contributed by atoms with E-state index in [0.29, 0.717) is 0 Å². The highest BCUT2D eigenvalue weighted by Gasteiger charge is 2.36. The van der Waals surface area contributed by atoms with Crippen molar-refractivity contribution >= 4 is 60.9 Å². The van der Waals surface area contributed by atoms with Crippen molar-refractivity contribution < 1.29 is 8.83 Å². The number of rotatable bonds is 7. The molecule has 3 nitrogen and oxygen atoms in total. The summed E-state index contributed by atoms with van der Waals surface area (Å²) >= 11 is 0. The zero-order valence-electron chi connectivity index (χ0n) is 36.6. The van der Waals surface area contributed by atoms with Gasteiger partial charge >= 0.3 is 0 Å². The van der Waals surface area contributed by atoms with E-state index in [1.165, 1.54) is 33.4 Å². The summed E-state index contributed by atoms with van der Waals surface area (Å²) < 4.78 is 13.9. The molecule has 0 spiro atoms. The Morgan fingerprint density at radius 1 is 0.333 bits per heavy atom. The number of benzene rings is 10. The van der Waals surface area contributed by atoms with Crippen LogP contribution in [0, 0.1) is 0 Å². The molecule has 1 aliphatic rings. The first-order valence-electron chi connectivity index (χ1n) is 22.7. The van der Waals surface area contributed by atoms with Crippen LogP contribution < -0.4 is 4.90 Å². The lowest BCUT2D eigenvalue weighted by molar-refractivity contribution is 0.660. The van der Waals surface area contributed by atoms with Gasteiger partial charge in [0.1, 0.15) is 22.3 Å².